The van der Waals surface area contributed by atoms with E-state index >= 15 is 0 Å². The van der Waals surface area contributed by atoms with Crippen molar-refractivity contribution in [1.29, 1.82) is 0 Å². The highest BCUT2D eigenvalue weighted by Crippen LogP contribution is 2.32. The van der Waals surface area contributed by atoms with Crippen LogP contribution in [0, 0.1) is 6.92 Å². The normalized spacial score (nSPS) is 12.1. The molecule has 1 aromatic heterocycles. The summed E-state index contributed by atoms with van der Waals surface area (Å²) in [5.74, 6) is 1.51. The number of nitrogens with zero attached hydrogens (tertiary/aromatic N) is 1. The Morgan fingerprint density at radius 3 is 2.43 bits per heavy atom. The predicted octanol–water partition coefficient (Wildman–Crippen LogP) is 4.26. The van der Waals surface area contributed by atoms with Crippen LogP contribution in [0.25, 0.3) is 0 Å². The Kier molecular flexibility index (Phi) is 5.85. The van der Waals surface area contributed by atoms with E-state index in [0.29, 0.717) is 19.7 Å². The lowest BCUT2D eigenvalue weighted by Crippen LogP contribution is -2.27. The zero-order valence-corrected chi connectivity index (χ0v) is 13.2. The molecular formula is C17H20F3NO2. The molecule has 126 valence electrons. The van der Waals surface area contributed by atoms with Crippen LogP contribution in [0.4, 0.5) is 13.2 Å². The van der Waals surface area contributed by atoms with E-state index in [0.717, 1.165) is 17.6 Å². The van der Waals surface area contributed by atoms with Crippen molar-refractivity contribution in [2.45, 2.75) is 26.2 Å². The molecule has 0 N–H and O–H groups in total. The van der Waals surface area contributed by atoms with Crippen LogP contribution in [0.2, 0.25) is 0 Å². The van der Waals surface area contributed by atoms with E-state index in [2.05, 4.69) is 0 Å². The molecule has 0 amide bonds. The third kappa shape index (κ3) is 5.11. The molecule has 0 unspecified atom stereocenters. The third-order valence-electron chi connectivity index (χ3n) is 3.50. The first-order valence-electron chi connectivity index (χ1n) is 7.32. The molecule has 23 heavy (non-hydrogen) atoms. The van der Waals surface area contributed by atoms with Gasteiger partial charge in [0.2, 0.25) is 0 Å². The second-order valence-electron chi connectivity index (χ2n) is 5.37. The van der Waals surface area contributed by atoms with Crippen molar-refractivity contribution < 1.29 is 22.3 Å². The van der Waals surface area contributed by atoms with E-state index in [4.69, 9.17) is 9.15 Å². The summed E-state index contributed by atoms with van der Waals surface area (Å²) in [6, 6.07) is 9.33. The van der Waals surface area contributed by atoms with Crippen molar-refractivity contribution in [2.75, 3.05) is 20.3 Å². The fourth-order valence-corrected chi connectivity index (χ4v) is 2.40. The standard InChI is InChI=1S/C17H20F3NO2/c1-13-7-8-15(23-13)12-21(9-10-22-2)11-14-5-3-4-6-16(14)17(18,19)20/h3-8H,9-12H2,1-2H3. The third-order valence-corrected chi connectivity index (χ3v) is 3.50. The highest BCUT2D eigenvalue weighted by Gasteiger charge is 2.33. The molecule has 0 spiro atoms. The van der Waals surface area contributed by atoms with Crippen LogP contribution in [0.15, 0.2) is 40.8 Å². The lowest BCUT2D eigenvalue weighted by Gasteiger charge is -2.23. The molecule has 2 rings (SSSR count). The molecule has 0 fully saturated rings. The molecule has 1 aromatic carbocycles. The molecule has 0 saturated carbocycles. The topological polar surface area (TPSA) is 25.6 Å². The summed E-state index contributed by atoms with van der Waals surface area (Å²) in [6.07, 6.45) is -4.36. The minimum absolute atomic E-state index is 0.179. The van der Waals surface area contributed by atoms with E-state index in [1.165, 1.54) is 12.1 Å². The van der Waals surface area contributed by atoms with Crippen molar-refractivity contribution in [3.05, 3.63) is 59.0 Å². The van der Waals surface area contributed by atoms with Crippen LogP contribution < -0.4 is 0 Å². The molecule has 0 bridgehead atoms. The SMILES string of the molecule is COCCN(Cc1ccc(C)o1)Cc1ccccc1C(F)(F)F. The Balaban J connectivity index is 2.17. The summed E-state index contributed by atoms with van der Waals surface area (Å²) in [7, 11) is 1.57. The number of benzene rings is 1. The Labute approximate surface area is 133 Å². The summed E-state index contributed by atoms with van der Waals surface area (Å²) < 4.78 is 49.9. The van der Waals surface area contributed by atoms with Gasteiger partial charge in [-0.15, -0.1) is 0 Å². The van der Waals surface area contributed by atoms with Crippen molar-refractivity contribution in [3.63, 3.8) is 0 Å². The molecule has 0 radical (unpaired) electrons. The van der Waals surface area contributed by atoms with Gasteiger partial charge in [-0.2, -0.15) is 13.2 Å². The van der Waals surface area contributed by atoms with Crippen molar-refractivity contribution in [1.82, 2.24) is 4.90 Å². The molecular weight excluding hydrogens is 307 g/mol. The molecule has 1 heterocycles. The maximum atomic E-state index is 13.1. The predicted molar refractivity (Wildman–Crippen MR) is 80.9 cm³/mol. The van der Waals surface area contributed by atoms with Gasteiger partial charge < -0.3 is 9.15 Å². The van der Waals surface area contributed by atoms with E-state index in [-0.39, 0.29) is 12.1 Å². The van der Waals surface area contributed by atoms with Gasteiger partial charge in [0, 0.05) is 20.2 Å². The maximum Gasteiger partial charge on any atom is 0.416 e. The number of hydrogen-bond donors (Lipinski definition) is 0. The second kappa shape index (κ2) is 7.66. The minimum Gasteiger partial charge on any atom is -0.465 e. The average Bonchev–Trinajstić information content (AvgIpc) is 2.89. The quantitative estimate of drug-likeness (QED) is 0.760. The number of hydrogen-bond acceptors (Lipinski definition) is 3. The number of ether oxygens (including phenoxy) is 1. The van der Waals surface area contributed by atoms with Crippen LogP contribution in [-0.4, -0.2) is 25.2 Å². The molecule has 3 nitrogen and oxygen atoms in total. The fraction of sp³-hybridized carbons (Fsp3) is 0.412. The minimum atomic E-state index is -4.36. The first-order valence-corrected chi connectivity index (χ1v) is 7.32. The summed E-state index contributed by atoms with van der Waals surface area (Å²) in [6.45, 7) is 3.40. The smallest absolute Gasteiger partial charge is 0.416 e. The van der Waals surface area contributed by atoms with Crippen molar-refractivity contribution in [2.24, 2.45) is 0 Å². The Hall–Kier alpha value is -1.79. The molecule has 0 saturated heterocycles. The lowest BCUT2D eigenvalue weighted by molar-refractivity contribution is -0.138. The molecule has 6 heteroatoms. The Morgan fingerprint density at radius 2 is 1.83 bits per heavy atom. The van der Waals surface area contributed by atoms with Crippen LogP contribution in [0.5, 0.6) is 0 Å². The van der Waals surface area contributed by atoms with Gasteiger partial charge in [-0.3, -0.25) is 4.90 Å². The number of furan rings is 1. The van der Waals surface area contributed by atoms with Crippen LogP contribution in [-0.2, 0) is 24.0 Å². The molecule has 0 atom stereocenters. The number of rotatable bonds is 7. The van der Waals surface area contributed by atoms with Gasteiger partial charge >= 0.3 is 6.18 Å². The van der Waals surface area contributed by atoms with E-state index < -0.39 is 11.7 Å². The van der Waals surface area contributed by atoms with Gasteiger partial charge in [0.1, 0.15) is 11.5 Å². The fourth-order valence-electron chi connectivity index (χ4n) is 2.40. The summed E-state index contributed by atoms with van der Waals surface area (Å²) in [5, 5.41) is 0. The summed E-state index contributed by atoms with van der Waals surface area (Å²) >= 11 is 0. The van der Waals surface area contributed by atoms with E-state index in [1.54, 1.807) is 13.2 Å². The van der Waals surface area contributed by atoms with Gasteiger partial charge in [0.05, 0.1) is 18.7 Å². The zero-order valence-electron chi connectivity index (χ0n) is 13.2. The lowest BCUT2D eigenvalue weighted by atomic mass is 10.1. The maximum absolute atomic E-state index is 13.1. The largest absolute Gasteiger partial charge is 0.465 e. The highest BCUT2D eigenvalue weighted by atomic mass is 19.4. The van der Waals surface area contributed by atoms with Gasteiger partial charge in [0.15, 0.2) is 0 Å². The van der Waals surface area contributed by atoms with Gasteiger partial charge in [-0.25, -0.2) is 0 Å². The van der Waals surface area contributed by atoms with Gasteiger partial charge in [-0.05, 0) is 30.7 Å². The Morgan fingerprint density at radius 1 is 1.09 bits per heavy atom. The number of methoxy groups -OCH3 is 1. The monoisotopic (exact) mass is 327 g/mol. The van der Waals surface area contributed by atoms with E-state index in [9.17, 15) is 13.2 Å². The highest BCUT2D eigenvalue weighted by molar-refractivity contribution is 5.29. The number of alkyl halides is 3. The number of aryl methyl sites for hydroxylation is 1. The Bertz CT molecular complexity index is 622. The van der Waals surface area contributed by atoms with Gasteiger partial charge in [0.25, 0.3) is 0 Å². The van der Waals surface area contributed by atoms with Crippen LogP contribution >= 0.6 is 0 Å². The molecule has 0 aliphatic heterocycles. The van der Waals surface area contributed by atoms with E-state index in [1.807, 2.05) is 24.0 Å². The van der Waals surface area contributed by atoms with Crippen molar-refractivity contribution >= 4 is 0 Å². The summed E-state index contributed by atoms with van der Waals surface area (Å²) in [5.41, 5.74) is -0.350. The van der Waals surface area contributed by atoms with Crippen LogP contribution in [0.3, 0.4) is 0 Å². The molecule has 0 aliphatic carbocycles. The number of halogens is 3. The average molecular weight is 327 g/mol. The molecule has 2 aromatic rings. The van der Waals surface area contributed by atoms with Crippen LogP contribution in [0.1, 0.15) is 22.6 Å². The first kappa shape index (κ1) is 17.6. The van der Waals surface area contributed by atoms with Crippen molar-refractivity contribution in [3.8, 4) is 0 Å². The van der Waals surface area contributed by atoms with Gasteiger partial charge in [-0.1, -0.05) is 18.2 Å². The first-order chi connectivity index (χ1) is 10.9. The second-order valence-corrected chi connectivity index (χ2v) is 5.37. The summed E-state index contributed by atoms with van der Waals surface area (Å²) in [4.78, 5) is 1.88. The molecule has 0 aliphatic rings. The zero-order chi connectivity index (χ0) is 16.9.